The molecule has 0 aliphatic carbocycles. The molecule has 2 N–H and O–H groups in total. The highest BCUT2D eigenvalue weighted by Crippen LogP contribution is 2.33. The van der Waals surface area contributed by atoms with Crippen LogP contribution in [-0.2, 0) is 13.0 Å². The zero-order valence-corrected chi connectivity index (χ0v) is 17.7. The molecule has 29 heavy (non-hydrogen) atoms. The molecule has 0 saturated carbocycles. The Kier molecular flexibility index (Phi) is 6.46. The molecule has 3 aromatic rings. The monoisotopic (exact) mass is 425 g/mol. The summed E-state index contributed by atoms with van der Waals surface area (Å²) in [5.74, 6) is 0.859. The molecule has 1 fully saturated rings. The highest BCUT2D eigenvalue weighted by molar-refractivity contribution is 7.99. The summed E-state index contributed by atoms with van der Waals surface area (Å²) in [5, 5.41) is 13.4. The van der Waals surface area contributed by atoms with Crippen molar-refractivity contribution in [3.63, 3.8) is 0 Å². The fraction of sp³-hybridized carbons (Fsp3) is 0.250. The van der Waals surface area contributed by atoms with Gasteiger partial charge in [0.1, 0.15) is 12.4 Å². The van der Waals surface area contributed by atoms with Crippen LogP contribution in [0.1, 0.15) is 17.5 Å². The smallest absolute Gasteiger partial charge is 0.119 e. The number of aliphatic hydroxyl groups excluding tert-OH is 1. The van der Waals surface area contributed by atoms with Crippen LogP contribution >= 0.6 is 23.4 Å². The molecule has 1 aliphatic heterocycles. The van der Waals surface area contributed by atoms with Gasteiger partial charge in [-0.25, -0.2) is 0 Å². The first-order chi connectivity index (χ1) is 14.2. The molecule has 0 spiro atoms. The van der Waals surface area contributed by atoms with Crippen molar-refractivity contribution in [3.8, 4) is 5.75 Å². The largest absolute Gasteiger partial charge is 0.489 e. The van der Waals surface area contributed by atoms with Gasteiger partial charge >= 0.3 is 0 Å². The van der Waals surface area contributed by atoms with E-state index in [2.05, 4.69) is 41.7 Å². The summed E-state index contributed by atoms with van der Waals surface area (Å²) in [5.41, 5.74) is 2.20. The number of halogens is 1. The lowest BCUT2D eigenvalue weighted by Gasteiger charge is -2.12. The number of hydrogen-bond acceptors (Lipinski definition) is 4. The average molecular weight is 426 g/mol. The van der Waals surface area contributed by atoms with Crippen molar-refractivity contribution >= 4 is 23.4 Å². The minimum absolute atomic E-state index is 0.0823. The second-order valence-corrected chi connectivity index (χ2v) is 8.95. The summed E-state index contributed by atoms with van der Waals surface area (Å²) in [7, 11) is 0. The zero-order chi connectivity index (χ0) is 20.1. The van der Waals surface area contributed by atoms with Gasteiger partial charge in [0, 0.05) is 21.4 Å². The molecule has 3 nitrogen and oxygen atoms in total. The fourth-order valence-corrected chi connectivity index (χ4v) is 4.34. The number of aliphatic hydroxyl groups is 1. The molecule has 1 heterocycles. The van der Waals surface area contributed by atoms with E-state index in [-0.39, 0.29) is 12.1 Å². The van der Waals surface area contributed by atoms with Crippen LogP contribution in [0.5, 0.6) is 5.75 Å². The normalized spacial score (nSPS) is 17.9. The number of hydrogen-bond donors (Lipinski definition) is 2. The van der Waals surface area contributed by atoms with Crippen molar-refractivity contribution in [2.75, 3.05) is 13.2 Å². The minimum Gasteiger partial charge on any atom is -0.489 e. The summed E-state index contributed by atoms with van der Waals surface area (Å²) in [6.45, 7) is 1.64. The second-order valence-electron chi connectivity index (χ2n) is 7.39. The molecular weight excluding hydrogens is 402 g/mol. The van der Waals surface area contributed by atoms with Crippen LogP contribution < -0.4 is 10.1 Å². The molecule has 0 radical (unpaired) electrons. The van der Waals surface area contributed by atoms with Crippen molar-refractivity contribution in [2.45, 2.75) is 34.8 Å². The molecule has 0 bridgehead atoms. The Morgan fingerprint density at radius 2 is 1.72 bits per heavy atom. The number of benzene rings is 3. The molecular formula is C24H24ClNO2S. The van der Waals surface area contributed by atoms with Crippen molar-refractivity contribution in [1.29, 1.82) is 0 Å². The quantitative estimate of drug-likeness (QED) is 0.454. The third kappa shape index (κ3) is 5.55. The van der Waals surface area contributed by atoms with E-state index < -0.39 is 0 Å². The van der Waals surface area contributed by atoms with Gasteiger partial charge in [-0.2, -0.15) is 0 Å². The molecule has 1 atom stereocenters. The number of nitrogens with one attached hydrogen (secondary N) is 1. The van der Waals surface area contributed by atoms with Crippen LogP contribution in [0.3, 0.4) is 0 Å². The Balaban J connectivity index is 1.32. The standard InChI is InChI=1S/C24H24ClNO2S/c25-23-14-22(9-6-19(23)12-13-24(17-27)16-26-24)29-21-10-7-20(8-11-21)28-15-18-4-2-1-3-5-18/h1-11,14,26-27H,12-13,15-17H2. The SMILES string of the molecule is OCC1(CCc2ccc(Sc3ccc(OCc4ccccc4)cc3)cc2Cl)CN1. The highest BCUT2D eigenvalue weighted by Gasteiger charge is 2.40. The maximum Gasteiger partial charge on any atom is 0.119 e. The van der Waals surface area contributed by atoms with Gasteiger partial charge in [-0.1, -0.05) is 59.8 Å². The molecule has 4 rings (SSSR count). The van der Waals surface area contributed by atoms with Gasteiger partial charge in [-0.15, -0.1) is 0 Å². The van der Waals surface area contributed by atoms with E-state index in [0.29, 0.717) is 6.61 Å². The molecule has 1 saturated heterocycles. The van der Waals surface area contributed by atoms with E-state index in [9.17, 15) is 5.11 Å². The first-order valence-corrected chi connectivity index (χ1v) is 10.9. The maximum absolute atomic E-state index is 9.42. The second kappa shape index (κ2) is 9.23. The van der Waals surface area contributed by atoms with E-state index in [1.807, 2.05) is 36.4 Å². The van der Waals surface area contributed by atoms with Crippen LogP contribution in [0.25, 0.3) is 0 Å². The molecule has 1 aliphatic rings. The van der Waals surface area contributed by atoms with Crippen molar-refractivity contribution in [1.82, 2.24) is 5.32 Å². The van der Waals surface area contributed by atoms with E-state index in [0.717, 1.165) is 51.1 Å². The van der Waals surface area contributed by atoms with Crippen LogP contribution in [0, 0.1) is 0 Å². The van der Waals surface area contributed by atoms with Crippen molar-refractivity contribution in [2.24, 2.45) is 0 Å². The molecule has 1 unspecified atom stereocenters. The number of rotatable bonds is 9. The minimum atomic E-state index is -0.0823. The van der Waals surface area contributed by atoms with Gasteiger partial charge in [0.05, 0.1) is 12.1 Å². The lowest BCUT2D eigenvalue weighted by atomic mass is 10.0. The third-order valence-corrected chi connectivity index (χ3v) is 6.53. The topological polar surface area (TPSA) is 51.4 Å². The first-order valence-electron chi connectivity index (χ1n) is 9.75. The maximum atomic E-state index is 9.42. The number of aryl methyl sites for hydroxylation is 1. The highest BCUT2D eigenvalue weighted by atomic mass is 35.5. The van der Waals surface area contributed by atoms with Gasteiger partial charge in [0.15, 0.2) is 0 Å². The van der Waals surface area contributed by atoms with Crippen LogP contribution in [-0.4, -0.2) is 23.8 Å². The molecule has 0 aromatic heterocycles. The van der Waals surface area contributed by atoms with E-state index in [4.69, 9.17) is 16.3 Å². The average Bonchev–Trinajstić information content (AvgIpc) is 3.54. The summed E-state index contributed by atoms with van der Waals surface area (Å²) < 4.78 is 5.85. The zero-order valence-electron chi connectivity index (χ0n) is 16.1. The van der Waals surface area contributed by atoms with Crippen LogP contribution in [0.2, 0.25) is 5.02 Å². The van der Waals surface area contributed by atoms with Crippen molar-refractivity contribution in [3.05, 3.63) is 88.9 Å². The Labute approximate surface area is 181 Å². The van der Waals surface area contributed by atoms with E-state index >= 15 is 0 Å². The van der Waals surface area contributed by atoms with Crippen LogP contribution in [0.15, 0.2) is 82.6 Å². The fourth-order valence-electron chi connectivity index (χ4n) is 3.14. The molecule has 0 amide bonds. The third-order valence-electron chi connectivity index (χ3n) is 5.18. The van der Waals surface area contributed by atoms with Crippen LogP contribution in [0.4, 0.5) is 0 Å². The summed E-state index contributed by atoms with van der Waals surface area (Å²) in [4.78, 5) is 2.25. The summed E-state index contributed by atoms with van der Waals surface area (Å²) in [6.07, 6.45) is 1.77. The lowest BCUT2D eigenvalue weighted by Crippen LogP contribution is -2.21. The van der Waals surface area contributed by atoms with Gasteiger partial charge in [-0.05, 0) is 60.4 Å². The predicted octanol–water partition coefficient (Wildman–Crippen LogP) is 5.34. The van der Waals surface area contributed by atoms with E-state index in [1.54, 1.807) is 11.8 Å². The Morgan fingerprint density at radius 3 is 2.38 bits per heavy atom. The summed E-state index contributed by atoms with van der Waals surface area (Å²) in [6, 6.07) is 24.5. The lowest BCUT2D eigenvalue weighted by molar-refractivity contribution is 0.244. The number of ether oxygens (including phenoxy) is 1. The Morgan fingerprint density at radius 1 is 1.00 bits per heavy atom. The molecule has 150 valence electrons. The Hall–Kier alpha value is -1.98. The van der Waals surface area contributed by atoms with Gasteiger partial charge in [0.2, 0.25) is 0 Å². The summed E-state index contributed by atoms with van der Waals surface area (Å²) >= 11 is 8.18. The van der Waals surface area contributed by atoms with Gasteiger partial charge < -0.3 is 15.2 Å². The van der Waals surface area contributed by atoms with Gasteiger partial charge in [0.25, 0.3) is 0 Å². The Bertz CT molecular complexity index is 943. The van der Waals surface area contributed by atoms with Crippen molar-refractivity contribution < 1.29 is 9.84 Å². The molecule has 5 heteroatoms. The predicted molar refractivity (Wildman–Crippen MR) is 119 cm³/mol. The first kappa shape index (κ1) is 20.3. The van der Waals surface area contributed by atoms with E-state index in [1.165, 1.54) is 0 Å². The van der Waals surface area contributed by atoms with Gasteiger partial charge in [-0.3, -0.25) is 0 Å². The molecule has 3 aromatic carbocycles.